The monoisotopic (exact) mass is 483 g/mol. The molecule has 0 spiro atoms. The molecule has 2 aliphatic heterocycles. The third kappa shape index (κ3) is 5.65. The van der Waals surface area contributed by atoms with Crippen LogP contribution in [0.15, 0.2) is 95.3 Å². The number of hydrogen-bond acceptors (Lipinski definition) is 2. The molecule has 3 aliphatic carbocycles. The summed E-state index contributed by atoms with van der Waals surface area (Å²) in [6, 6.07) is 1.08. The molecule has 2 nitrogen and oxygen atoms in total. The Balaban J connectivity index is 1.36. The summed E-state index contributed by atoms with van der Waals surface area (Å²) in [5, 5.41) is 0. The van der Waals surface area contributed by atoms with Crippen LogP contribution in [0.1, 0.15) is 84.5 Å². The largest absolute Gasteiger partial charge is 0.370 e. The zero-order chi connectivity index (χ0) is 24.9. The van der Waals surface area contributed by atoms with Crippen molar-refractivity contribution in [2.24, 2.45) is 5.92 Å². The van der Waals surface area contributed by atoms with E-state index in [1.165, 1.54) is 49.7 Å². The molecule has 0 aromatic heterocycles. The summed E-state index contributed by atoms with van der Waals surface area (Å²) in [7, 11) is 0. The van der Waals surface area contributed by atoms with Crippen molar-refractivity contribution in [3.8, 4) is 0 Å². The van der Waals surface area contributed by atoms with E-state index in [-0.39, 0.29) is 6.10 Å². The molecule has 5 aliphatic rings. The lowest BCUT2D eigenvalue weighted by Gasteiger charge is -2.39. The van der Waals surface area contributed by atoms with Gasteiger partial charge in [-0.2, -0.15) is 0 Å². The van der Waals surface area contributed by atoms with Crippen molar-refractivity contribution in [2.75, 3.05) is 0 Å². The second-order valence-corrected chi connectivity index (χ2v) is 11.3. The Bertz CT molecular complexity index is 1030. The molecule has 0 N–H and O–H groups in total. The van der Waals surface area contributed by atoms with Gasteiger partial charge in [0.15, 0.2) is 0 Å². The summed E-state index contributed by atoms with van der Waals surface area (Å²) < 4.78 is 6.51. The lowest BCUT2D eigenvalue weighted by molar-refractivity contribution is -0.0289. The highest BCUT2D eigenvalue weighted by molar-refractivity contribution is 5.41. The van der Waals surface area contributed by atoms with Crippen LogP contribution in [-0.4, -0.2) is 29.2 Å². The number of allylic oxidation sites excluding steroid dienone is 8. The van der Waals surface area contributed by atoms with E-state index in [4.69, 9.17) is 4.74 Å². The van der Waals surface area contributed by atoms with Crippen molar-refractivity contribution in [3.05, 3.63) is 95.3 Å². The van der Waals surface area contributed by atoms with Gasteiger partial charge >= 0.3 is 0 Å². The summed E-state index contributed by atoms with van der Waals surface area (Å²) in [4.78, 5) is 2.82. The Kier molecular flexibility index (Phi) is 8.32. The molecule has 1 saturated heterocycles. The fourth-order valence-electron chi connectivity index (χ4n) is 6.70. The van der Waals surface area contributed by atoms with E-state index >= 15 is 0 Å². The van der Waals surface area contributed by atoms with Gasteiger partial charge in [0.2, 0.25) is 0 Å². The number of ether oxygens (including phenoxy) is 1. The van der Waals surface area contributed by atoms with Crippen LogP contribution < -0.4 is 0 Å². The summed E-state index contributed by atoms with van der Waals surface area (Å²) in [5.74, 6) is 0.396. The van der Waals surface area contributed by atoms with Gasteiger partial charge < -0.3 is 9.64 Å². The maximum absolute atomic E-state index is 6.51. The predicted octanol–water partition coefficient (Wildman–Crippen LogP) is 8.68. The molecule has 1 fully saturated rings. The van der Waals surface area contributed by atoms with Gasteiger partial charge in [0, 0.05) is 17.7 Å². The van der Waals surface area contributed by atoms with E-state index in [1.807, 2.05) is 0 Å². The highest BCUT2D eigenvalue weighted by atomic mass is 16.5. The Morgan fingerprint density at radius 3 is 2.86 bits per heavy atom. The van der Waals surface area contributed by atoms with Gasteiger partial charge in [-0.25, -0.2) is 0 Å². The highest BCUT2D eigenvalue weighted by Crippen LogP contribution is 2.43. The van der Waals surface area contributed by atoms with E-state index < -0.39 is 0 Å². The van der Waals surface area contributed by atoms with E-state index in [1.54, 1.807) is 16.8 Å². The first kappa shape index (κ1) is 25.3. The number of nitrogens with zero attached hydrogens (tertiary/aromatic N) is 1. The van der Waals surface area contributed by atoms with Crippen molar-refractivity contribution in [3.63, 3.8) is 0 Å². The van der Waals surface area contributed by atoms with Crippen molar-refractivity contribution in [1.29, 1.82) is 0 Å². The smallest absolute Gasteiger partial charge is 0.0862 e. The van der Waals surface area contributed by atoms with Crippen LogP contribution in [0.25, 0.3) is 0 Å². The number of fused-ring (bicyclic) bond motifs is 4. The van der Waals surface area contributed by atoms with Crippen molar-refractivity contribution in [2.45, 2.75) is 109 Å². The first-order valence-corrected chi connectivity index (χ1v) is 14.6. The minimum atomic E-state index is 0.213. The van der Waals surface area contributed by atoms with Gasteiger partial charge in [0.05, 0.1) is 18.2 Å². The average molecular weight is 484 g/mol. The molecule has 36 heavy (non-hydrogen) atoms. The first-order valence-electron chi connectivity index (χ1n) is 14.6. The molecule has 0 amide bonds. The average Bonchev–Trinajstić information content (AvgIpc) is 3.25. The van der Waals surface area contributed by atoms with Crippen LogP contribution in [-0.2, 0) is 4.74 Å². The third-order valence-electron chi connectivity index (χ3n) is 8.73. The summed E-state index contributed by atoms with van der Waals surface area (Å²) in [5.41, 5.74) is 7.53. The minimum absolute atomic E-state index is 0.213. The van der Waals surface area contributed by atoms with Crippen LogP contribution >= 0.6 is 0 Å². The third-order valence-corrected chi connectivity index (χ3v) is 8.73. The highest BCUT2D eigenvalue weighted by Gasteiger charge is 2.38. The fourth-order valence-corrected chi connectivity index (χ4v) is 6.70. The topological polar surface area (TPSA) is 12.5 Å². The van der Waals surface area contributed by atoms with Crippen LogP contribution in [0.3, 0.4) is 0 Å². The van der Waals surface area contributed by atoms with Crippen LogP contribution in [0.4, 0.5) is 0 Å². The first-order chi connectivity index (χ1) is 17.7. The fraction of sp³-hybridized carbons (Fsp3) is 0.529. The van der Waals surface area contributed by atoms with Gasteiger partial charge in [-0.3, -0.25) is 0 Å². The standard InChI is InChI=1S/C34H45NO/c1-4-11-30-22-27-14-10-15-31-23-28(32-16-8-9-17-34(32)36-31)24-33(27)35(30)29-20-18-26(19-21-29)13-7-6-12-25(3)5-2/h7-9,13,16-20,24,29-32,34H,3-6,10-12,14-15,21-23H2,1-2H3. The predicted molar refractivity (Wildman–Crippen MR) is 153 cm³/mol. The molecule has 0 aromatic rings. The molecule has 5 atom stereocenters. The maximum atomic E-state index is 6.51. The molecular weight excluding hydrogens is 438 g/mol. The van der Waals surface area contributed by atoms with Crippen molar-refractivity contribution < 1.29 is 4.74 Å². The quantitative estimate of drug-likeness (QED) is 0.320. The van der Waals surface area contributed by atoms with Crippen molar-refractivity contribution in [1.82, 2.24) is 4.90 Å². The Morgan fingerprint density at radius 1 is 1.17 bits per heavy atom. The molecule has 192 valence electrons. The lowest BCUT2D eigenvalue weighted by atomic mass is 9.82. The van der Waals surface area contributed by atoms with Gasteiger partial charge in [-0.05, 0) is 81.4 Å². The molecule has 0 radical (unpaired) electrons. The Hall–Kier alpha value is -2.32. The summed E-state index contributed by atoms with van der Waals surface area (Å²) in [6.45, 7) is 8.67. The van der Waals surface area contributed by atoms with E-state index in [0.29, 0.717) is 24.1 Å². The van der Waals surface area contributed by atoms with E-state index in [2.05, 4.69) is 86.1 Å². The van der Waals surface area contributed by atoms with Crippen molar-refractivity contribution >= 4 is 0 Å². The van der Waals surface area contributed by atoms with Crippen LogP contribution in [0.2, 0.25) is 0 Å². The maximum Gasteiger partial charge on any atom is 0.0862 e. The van der Waals surface area contributed by atoms with Gasteiger partial charge in [0.1, 0.15) is 0 Å². The van der Waals surface area contributed by atoms with E-state index in [0.717, 1.165) is 32.1 Å². The number of hydrogen-bond donors (Lipinski definition) is 0. The molecule has 2 heterocycles. The number of rotatable bonds is 8. The Morgan fingerprint density at radius 2 is 2.06 bits per heavy atom. The zero-order valence-electron chi connectivity index (χ0n) is 22.5. The van der Waals surface area contributed by atoms with Gasteiger partial charge in [-0.15, -0.1) is 0 Å². The minimum Gasteiger partial charge on any atom is -0.370 e. The van der Waals surface area contributed by atoms with Crippen LogP contribution in [0, 0.1) is 5.92 Å². The molecule has 5 rings (SSSR count). The normalized spacial score (nSPS) is 31.5. The molecule has 2 heteroatoms. The molecule has 0 aromatic carbocycles. The zero-order valence-corrected chi connectivity index (χ0v) is 22.5. The molecule has 0 saturated carbocycles. The molecular formula is C34H45NO. The molecule has 5 unspecified atom stereocenters. The second kappa shape index (κ2) is 11.8. The SMILES string of the molecule is C=C(CC)CCC=CC1=CCC(N2C3=C(CCCC4CC(=C3)C3C=CC=CC3O4)CC2CCC)C=C1. The van der Waals surface area contributed by atoms with Gasteiger partial charge in [-0.1, -0.05) is 92.7 Å². The summed E-state index contributed by atoms with van der Waals surface area (Å²) in [6.07, 6.45) is 37.0. The van der Waals surface area contributed by atoms with Gasteiger partial charge in [0.25, 0.3) is 0 Å². The summed E-state index contributed by atoms with van der Waals surface area (Å²) >= 11 is 0. The lowest BCUT2D eigenvalue weighted by Crippen LogP contribution is -2.39. The molecule has 2 bridgehead atoms. The van der Waals surface area contributed by atoms with Crippen LogP contribution in [0.5, 0.6) is 0 Å². The Labute approximate surface area is 219 Å². The van der Waals surface area contributed by atoms with E-state index in [9.17, 15) is 0 Å². The second-order valence-electron chi connectivity index (χ2n) is 11.3.